The van der Waals surface area contributed by atoms with E-state index in [-0.39, 0.29) is 10.7 Å². The van der Waals surface area contributed by atoms with Crippen LogP contribution in [0.2, 0.25) is 0 Å². The molecule has 0 fully saturated rings. The number of H-pyrrole nitrogens is 1. The number of nitrogens with one attached hydrogen (secondary N) is 1. The summed E-state index contributed by atoms with van der Waals surface area (Å²) in [6.45, 7) is 0. The van der Waals surface area contributed by atoms with Crippen molar-refractivity contribution in [3.05, 3.63) is 46.6 Å². The first-order valence-corrected chi connectivity index (χ1v) is 4.46. The van der Waals surface area contributed by atoms with Crippen LogP contribution in [0.1, 0.15) is 17.6 Å². The molecule has 5 heteroatoms. The van der Waals surface area contributed by atoms with E-state index in [0.29, 0.717) is 0 Å². The first kappa shape index (κ1) is 9.11. The van der Waals surface area contributed by atoms with E-state index in [1.165, 1.54) is 0 Å². The lowest BCUT2D eigenvalue weighted by atomic mass is 10.1. The summed E-state index contributed by atoms with van der Waals surface area (Å²) in [7, 11) is 0. The van der Waals surface area contributed by atoms with E-state index in [9.17, 15) is 5.11 Å². The first-order valence-electron chi connectivity index (χ1n) is 4.06. The molecule has 0 amide bonds. The zero-order chi connectivity index (χ0) is 9.97. The molecule has 72 valence electrons. The van der Waals surface area contributed by atoms with Gasteiger partial charge in [0.25, 0.3) is 4.84 Å². The molecule has 0 saturated carbocycles. The van der Waals surface area contributed by atoms with Crippen LogP contribution in [-0.2, 0) is 0 Å². The van der Waals surface area contributed by atoms with Crippen molar-refractivity contribution in [1.29, 1.82) is 0 Å². The Morgan fingerprint density at radius 3 is 2.64 bits per heavy atom. The van der Waals surface area contributed by atoms with Gasteiger partial charge in [0.15, 0.2) is 6.10 Å². The molecule has 0 aliphatic rings. The van der Waals surface area contributed by atoms with Gasteiger partial charge in [-0.1, -0.05) is 30.3 Å². The molecule has 0 unspecified atom stereocenters. The highest BCUT2D eigenvalue weighted by atomic mass is 32.1. The van der Waals surface area contributed by atoms with Gasteiger partial charge in [0.05, 0.1) is 0 Å². The summed E-state index contributed by atoms with van der Waals surface area (Å²) in [5.41, 5.74) is 0.720. The van der Waals surface area contributed by atoms with Gasteiger partial charge in [-0.05, 0) is 17.8 Å². The van der Waals surface area contributed by atoms with Crippen molar-refractivity contribution in [3.63, 3.8) is 0 Å². The molecule has 0 spiro atoms. The maximum atomic E-state index is 9.78. The van der Waals surface area contributed by atoms with Crippen LogP contribution in [0.4, 0.5) is 0 Å². The molecule has 1 aromatic carbocycles. The fraction of sp³-hybridized carbons (Fsp3) is 0.111. The molecule has 0 aliphatic heterocycles. The maximum Gasteiger partial charge on any atom is 0.284 e. The lowest BCUT2D eigenvalue weighted by Crippen LogP contribution is -1.99. The van der Waals surface area contributed by atoms with Crippen LogP contribution < -0.4 is 0 Å². The van der Waals surface area contributed by atoms with Gasteiger partial charge in [0.2, 0.25) is 5.89 Å². The fourth-order valence-corrected chi connectivity index (χ4v) is 1.27. The van der Waals surface area contributed by atoms with Crippen LogP contribution in [0.3, 0.4) is 0 Å². The van der Waals surface area contributed by atoms with Crippen molar-refractivity contribution in [2.24, 2.45) is 0 Å². The molecule has 14 heavy (non-hydrogen) atoms. The Labute approximate surface area is 85.2 Å². The smallest absolute Gasteiger partial charge is 0.284 e. The maximum absolute atomic E-state index is 9.78. The second kappa shape index (κ2) is 3.73. The van der Waals surface area contributed by atoms with Gasteiger partial charge in [-0.15, -0.1) is 5.10 Å². The lowest BCUT2D eigenvalue weighted by Gasteiger charge is -2.04. The van der Waals surface area contributed by atoms with E-state index < -0.39 is 6.10 Å². The Morgan fingerprint density at radius 1 is 1.36 bits per heavy atom. The number of aliphatic hydroxyl groups is 1. The second-order valence-corrected chi connectivity index (χ2v) is 3.14. The number of hydrogen-bond acceptors (Lipinski definition) is 4. The summed E-state index contributed by atoms with van der Waals surface area (Å²) in [4.78, 5) is 0.162. The quantitative estimate of drug-likeness (QED) is 0.739. The minimum absolute atomic E-state index is 0.162. The van der Waals surface area contributed by atoms with Crippen LogP contribution in [0.15, 0.2) is 34.7 Å². The number of aromatic nitrogens is 2. The highest BCUT2D eigenvalue weighted by Gasteiger charge is 2.14. The zero-order valence-electron chi connectivity index (χ0n) is 7.18. The molecule has 0 radical (unpaired) electrons. The summed E-state index contributed by atoms with van der Waals surface area (Å²) in [6, 6.07) is 9.12. The molecule has 2 N–H and O–H groups in total. The SMILES string of the molecule is O[C@@H](c1ccccc1)c1n[nH]c(=S)o1. The largest absolute Gasteiger partial charge is 0.411 e. The zero-order valence-corrected chi connectivity index (χ0v) is 7.99. The number of nitrogens with zero attached hydrogens (tertiary/aromatic N) is 1. The number of aliphatic hydroxyl groups excluding tert-OH is 1. The highest BCUT2D eigenvalue weighted by molar-refractivity contribution is 7.71. The van der Waals surface area contributed by atoms with E-state index in [1.54, 1.807) is 12.1 Å². The normalized spacial score (nSPS) is 12.6. The summed E-state index contributed by atoms with van der Waals surface area (Å²) in [5, 5.41) is 16.0. The summed E-state index contributed by atoms with van der Waals surface area (Å²) in [6.07, 6.45) is -0.871. The molecule has 4 nitrogen and oxygen atoms in total. The molecular weight excluding hydrogens is 200 g/mol. The van der Waals surface area contributed by atoms with Gasteiger partial charge >= 0.3 is 0 Å². The Hall–Kier alpha value is -1.46. The van der Waals surface area contributed by atoms with Crippen molar-refractivity contribution in [1.82, 2.24) is 10.2 Å². The van der Waals surface area contributed by atoms with Crippen LogP contribution in [0.5, 0.6) is 0 Å². The van der Waals surface area contributed by atoms with Crippen molar-refractivity contribution in [2.45, 2.75) is 6.10 Å². The van der Waals surface area contributed by atoms with Crippen molar-refractivity contribution < 1.29 is 9.52 Å². The van der Waals surface area contributed by atoms with Gasteiger partial charge in [-0.2, -0.15) is 0 Å². The predicted molar refractivity (Wildman–Crippen MR) is 52.2 cm³/mol. The van der Waals surface area contributed by atoms with E-state index in [4.69, 9.17) is 16.6 Å². The summed E-state index contributed by atoms with van der Waals surface area (Å²) < 4.78 is 5.00. The van der Waals surface area contributed by atoms with Crippen LogP contribution in [-0.4, -0.2) is 15.3 Å². The third-order valence-electron chi connectivity index (χ3n) is 1.80. The second-order valence-electron chi connectivity index (χ2n) is 2.76. The van der Waals surface area contributed by atoms with Crippen LogP contribution in [0, 0.1) is 4.84 Å². The topological polar surface area (TPSA) is 62.1 Å². The minimum atomic E-state index is -0.871. The van der Waals surface area contributed by atoms with Gasteiger partial charge in [-0.25, -0.2) is 5.10 Å². The Kier molecular flexibility index (Phi) is 2.43. The minimum Gasteiger partial charge on any atom is -0.411 e. The Bertz CT molecular complexity index is 463. The van der Waals surface area contributed by atoms with Gasteiger partial charge < -0.3 is 9.52 Å². The highest BCUT2D eigenvalue weighted by Crippen LogP contribution is 2.18. The standard InChI is InChI=1S/C9H8N2O2S/c12-7(6-4-2-1-3-5-6)8-10-11-9(14)13-8/h1-5,7,12H,(H,11,14)/t7-/m0/s1. The third kappa shape index (κ3) is 1.73. The van der Waals surface area contributed by atoms with Crippen molar-refractivity contribution >= 4 is 12.2 Å². The molecule has 1 atom stereocenters. The van der Waals surface area contributed by atoms with E-state index in [1.807, 2.05) is 18.2 Å². The van der Waals surface area contributed by atoms with Gasteiger partial charge in [0, 0.05) is 0 Å². The number of benzene rings is 1. The Morgan fingerprint density at radius 2 is 2.07 bits per heavy atom. The van der Waals surface area contributed by atoms with E-state index in [0.717, 1.165) is 5.56 Å². The molecule has 1 heterocycles. The average Bonchev–Trinajstić information content (AvgIpc) is 2.65. The molecule has 1 aromatic heterocycles. The molecule has 0 saturated heterocycles. The monoisotopic (exact) mass is 208 g/mol. The Balaban J connectivity index is 2.33. The van der Waals surface area contributed by atoms with Gasteiger partial charge in [-0.3, -0.25) is 0 Å². The predicted octanol–water partition coefficient (Wildman–Crippen LogP) is 1.81. The van der Waals surface area contributed by atoms with E-state index >= 15 is 0 Å². The molecule has 0 bridgehead atoms. The number of aromatic amines is 1. The molecule has 0 aliphatic carbocycles. The summed E-state index contributed by atoms with van der Waals surface area (Å²) >= 11 is 4.71. The van der Waals surface area contributed by atoms with Crippen LogP contribution in [0.25, 0.3) is 0 Å². The molecular formula is C9H8N2O2S. The van der Waals surface area contributed by atoms with Crippen molar-refractivity contribution in [3.8, 4) is 0 Å². The fourth-order valence-electron chi connectivity index (χ4n) is 1.14. The van der Waals surface area contributed by atoms with E-state index in [2.05, 4.69) is 10.2 Å². The van der Waals surface area contributed by atoms with Crippen molar-refractivity contribution in [2.75, 3.05) is 0 Å². The molecule has 2 aromatic rings. The average molecular weight is 208 g/mol. The molecule has 2 rings (SSSR count). The summed E-state index contributed by atoms with van der Waals surface area (Å²) in [5.74, 6) is 0.182. The number of rotatable bonds is 2. The third-order valence-corrected chi connectivity index (χ3v) is 1.98. The van der Waals surface area contributed by atoms with Crippen LogP contribution >= 0.6 is 12.2 Å². The number of hydrogen-bond donors (Lipinski definition) is 2. The lowest BCUT2D eigenvalue weighted by molar-refractivity contribution is 0.181. The first-order chi connectivity index (χ1) is 6.77. The van der Waals surface area contributed by atoms with Gasteiger partial charge in [0.1, 0.15) is 0 Å².